The van der Waals surface area contributed by atoms with Crippen molar-refractivity contribution >= 4 is 11.9 Å². The summed E-state index contributed by atoms with van der Waals surface area (Å²) in [6, 6.07) is 0. The molecule has 6 heteroatoms. The summed E-state index contributed by atoms with van der Waals surface area (Å²) in [5.74, 6) is -1.29. The van der Waals surface area contributed by atoms with Gasteiger partial charge in [0.15, 0.2) is 0 Å². The zero-order valence-corrected chi connectivity index (χ0v) is 8.97. The number of carbonyl (C=O) groups excluding carboxylic acids is 2. The van der Waals surface area contributed by atoms with Crippen molar-refractivity contribution in [2.24, 2.45) is 23.7 Å². The van der Waals surface area contributed by atoms with Crippen LogP contribution in [0.1, 0.15) is 12.8 Å². The van der Waals surface area contributed by atoms with Crippen molar-refractivity contribution < 1.29 is 27.8 Å². The summed E-state index contributed by atoms with van der Waals surface area (Å²) < 4.78 is 33.7. The van der Waals surface area contributed by atoms with E-state index in [4.69, 9.17) is 4.74 Å². The van der Waals surface area contributed by atoms with Crippen molar-refractivity contribution in [2.75, 3.05) is 6.61 Å². The van der Waals surface area contributed by atoms with Gasteiger partial charge in [0.2, 0.25) is 0 Å². The molecular formula is C11H12F2O4. The van der Waals surface area contributed by atoms with E-state index in [0.717, 1.165) is 12.8 Å². The molecule has 0 radical (unpaired) electrons. The Morgan fingerprint density at radius 2 is 2.24 bits per heavy atom. The van der Waals surface area contributed by atoms with E-state index in [1.807, 2.05) is 0 Å². The Morgan fingerprint density at radius 3 is 2.94 bits per heavy atom. The van der Waals surface area contributed by atoms with Crippen LogP contribution in [0.3, 0.4) is 0 Å². The Morgan fingerprint density at radius 1 is 1.47 bits per heavy atom. The average Bonchev–Trinajstić information content (AvgIpc) is 2.87. The van der Waals surface area contributed by atoms with Gasteiger partial charge in [-0.05, 0) is 18.8 Å². The molecule has 0 aromatic rings. The highest BCUT2D eigenvalue weighted by molar-refractivity contribution is 5.76. The lowest BCUT2D eigenvalue weighted by Gasteiger charge is -2.24. The first-order chi connectivity index (χ1) is 8.08. The minimum Gasteiger partial charge on any atom is -0.461 e. The maximum atomic E-state index is 12.0. The molecular weight excluding hydrogens is 234 g/mol. The second-order valence-corrected chi connectivity index (χ2v) is 5.00. The number of alkyl halides is 2. The molecule has 17 heavy (non-hydrogen) atoms. The molecule has 0 aromatic carbocycles. The molecule has 1 saturated heterocycles. The Kier molecular flexibility index (Phi) is 2.34. The zero-order chi connectivity index (χ0) is 12.2. The third-order valence-corrected chi connectivity index (χ3v) is 4.25. The lowest BCUT2D eigenvalue weighted by Crippen LogP contribution is -2.32. The number of fused-ring (bicyclic) bond motifs is 1. The average molecular weight is 246 g/mol. The van der Waals surface area contributed by atoms with Crippen LogP contribution in [0, 0.1) is 23.7 Å². The number of rotatable bonds is 3. The minimum absolute atomic E-state index is 0.00736. The van der Waals surface area contributed by atoms with Crippen LogP contribution in [-0.4, -0.2) is 31.1 Å². The van der Waals surface area contributed by atoms with Crippen LogP contribution in [-0.2, 0) is 19.1 Å². The molecule has 3 aliphatic rings. The molecule has 2 bridgehead atoms. The molecule has 5 atom stereocenters. The summed E-state index contributed by atoms with van der Waals surface area (Å²) in [6.07, 6.45) is -1.68. The molecule has 5 unspecified atom stereocenters. The number of hydrogen-bond acceptors (Lipinski definition) is 4. The van der Waals surface area contributed by atoms with Crippen LogP contribution in [0.15, 0.2) is 0 Å². The molecule has 2 saturated carbocycles. The van der Waals surface area contributed by atoms with E-state index in [1.165, 1.54) is 0 Å². The Labute approximate surface area is 96.3 Å². The molecule has 3 rings (SSSR count). The van der Waals surface area contributed by atoms with Crippen LogP contribution < -0.4 is 0 Å². The highest BCUT2D eigenvalue weighted by Crippen LogP contribution is 2.57. The van der Waals surface area contributed by atoms with E-state index in [1.54, 1.807) is 0 Å². The third kappa shape index (κ3) is 1.53. The fourth-order valence-corrected chi connectivity index (χ4v) is 3.55. The maximum Gasteiger partial charge on any atom is 0.373 e. The molecule has 3 fully saturated rings. The van der Waals surface area contributed by atoms with Crippen molar-refractivity contribution in [3.05, 3.63) is 0 Å². The van der Waals surface area contributed by atoms with Gasteiger partial charge < -0.3 is 9.47 Å². The quantitative estimate of drug-likeness (QED) is 0.697. The van der Waals surface area contributed by atoms with E-state index in [-0.39, 0.29) is 42.4 Å². The van der Waals surface area contributed by atoms with Crippen molar-refractivity contribution in [3.63, 3.8) is 0 Å². The smallest absolute Gasteiger partial charge is 0.373 e. The fraction of sp³-hybridized carbons (Fsp3) is 0.818. The van der Waals surface area contributed by atoms with Crippen LogP contribution >= 0.6 is 0 Å². The van der Waals surface area contributed by atoms with Gasteiger partial charge in [0, 0.05) is 11.8 Å². The Bertz CT molecular complexity index is 370. The molecule has 4 nitrogen and oxygen atoms in total. The fourth-order valence-electron chi connectivity index (χ4n) is 3.55. The van der Waals surface area contributed by atoms with Crippen LogP contribution in [0.5, 0.6) is 0 Å². The summed E-state index contributed by atoms with van der Waals surface area (Å²) in [5.41, 5.74) is 0. The highest BCUT2D eigenvalue weighted by Gasteiger charge is 2.61. The number of ether oxygens (including phenoxy) is 2. The first-order valence-electron chi connectivity index (χ1n) is 5.73. The summed E-state index contributed by atoms with van der Waals surface area (Å²) in [4.78, 5) is 22.1. The highest BCUT2D eigenvalue weighted by atomic mass is 19.3. The van der Waals surface area contributed by atoms with Crippen molar-refractivity contribution in [1.82, 2.24) is 0 Å². The monoisotopic (exact) mass is 246 g/mol. The lowest BCUT2D eigenvalue weighted by molar-refractivity contribution is -0.160. The zero-order valence-electron chi connectivity index (χ0n) is 8.97. The van der Waals surface area contributed by atoms with Gasteiger partial charge in [0.05, 0.1) is 12.5 Å². The molecule has 2 aliphatic carbocycles. The molecule has 1 aliphatic heterocycles. The first-order valence-corrected chi connectivity index (χ1v) is 5.73. The molecule has 0 N–H and O–H groups in total. The molecule has 0 spiro atoms. The first kappa shape index (κ1) is 10.9. The van der Waals surface area contributed by atoms with Gasteiger partial charge in [-0.25, -0.2) is 4.79 Å². The predicted octanol–water partition coefficient (Wildman–Crippen LogP) is 0.992. The SMILES string of the molecule is O=C(OCC1C2CC3C(=O)OC1C3C2)C(F)F. The van der Waals surface area contributed by atoms with Gasteiger partial charge in [-0.3, -0.25) is 4.79 Å². The molecule has 94 valence electrons. The summed E-state index contributed by atoms with van der Waals surface area (Å²) in [5, 5.41) is 0. The summed E-state index contributed by atoms with van der Waals surface area (Å²) in [7, 11) is 0. The second kappa shape index (κ2) is 3.65. The minimum atomic E-state index is -3.09. The topological polar surface area (TPSA) is 52.6 Å². The maximum absolute atomic E-state index is 12.0. The largest absolute Gasteiger partial charge is 0.461 e. The third-order valence-electron chi connectivity index (χ3n) is 4.25. The Hall–Kier alpha value is -1.20. The van der Waals surface area contributed by atoms with Gasteiger partial charge in [-0.2, -0.15) is 8.78 Å². The van der Waals surface area contributed by atoms with Crippen molar-refractivity contribution in [3.8, 4) is 0 Å². The van der Waals surface area contributed by atoms with Crippen LogP contribution in [0.2, 0.25) is 0 Å². The summed E-state index contributed by atoms with van der Waals surface area (Å²) >= 11 is 0. The number of esters is 2. The normalized spacial score (nSPS) is 42.1. The second-order valence-electron chi connectivity index (χ2n) is 5.00. The Balaban J connectivity index is 1.63. The lowest BCUT2D eigenvalue weighted by atomic mass is 9.83. The van der Waals surface area contributed by atoms with Gasteiger partial charge in [0.1, 0.15) is 6.10 Å². The van der Waals surface area contributed by atoms with Crippen LogP contribution in [0.4, 0.5) is 8.78 Å². The van der Waals surface area contributed by atoms with E-state index in [9.17, 15) is 18.4 Å². The van der Waals surface area contributed by atoms with Crippen molar-refractivity contribution in [2.45, 2.75) is 25.4 Å². The van der Waals surface area contributed by atoms with E-state index in [0.29, 0.717) is 0 Å². The van der Waals surface area contributed by atoms with Gasteiger partial charge >= 0.3 is 18.4 Å². The number of halogens is 2. The molecule has 0 aromatic heterocycles. The predicted molar refractivity (Wildman–Crippen MR) is 50.0 cm³/mol. The standard InChI is InChI=1S/C11H12F2O4/c12-9(13)11(15)16-3-7-4-1-5-6(2-4)10(14)17-8(5)7/h4-9H,1-3H2. The van der Waals surface area contributed by atoms with Crippen LogP contribution in [0.25, 0.3) is 0 Å². The van der Waals surface area contributed by atoms with E-state index >= 15 is 0 Å². The van der Waals surface area contributed by atoms with Crippen molar-refractivity contribution in [1.29, 1.82) is 0 Å². The van der Waals surface area contributed by atoms with Gasteiger partial charge in [-0.1, -0.05) is 0 Å². The van der Waals surface area contributed by atoms with Gasteiger partial charge in [0.25, 0.3) is 0 Å². The summed E-state index contributed by atoms with van der Waals surface area (Å²) in [6.45, 7) is -0.0605. The van der Waals surface area contributed by atoms with E-state index in [2.05, 4.69) is 4.74 Å². The number of carbonyl (C=O) groups is 2. The molecule has 0 amide bonds. The molecule has 1 heterocycles. The van der Waals surface area contributed by atoms with Gasteiger partial charge in [-0.15, -0.1) is 0 Å². The number of hydrogen-bond donors (Lipinski definition) is 0. The van der Waals surface area contributed by atoms with E-state index < -0.39 is 12.4 Å².